The second kappa shape index (κ2) is 8.65. The first kappa shape index (κ1) is 20.7. The Kier molecular flexibility index (Phi) is 5.77. The number of nitrogens with two attached hydrogens (primary N) is 1. The van der Waals surface area contributed by atoms with E-state index in [4.69, 9.17) is 17.3 Å². The van der Waals surface area contributed by atoms with Crippen LogP contribution < -0.4 is 21.7 Å². The fourth-order valence-electron chi connectivity index (χ4n) is 3.31. The van der Waals surface area contributed by atoms with Gasteiger partial charge in [0.15, 0.2) is 5.65 Å². The van der Waals surface area contributed by atoms with Crippen LogP contribution in [0.5, 0.6) is 0 Å². The Morgan fingerprint density at radius 3 is 2.84 bits per heavy atom. The summed E-state index contributed by atoms with van der Waals surface area (Å²) >= 11 is 6.10. The number of nitrogens with one attached hydrogen (secondary N) is 3. The summed E-state index contributed by atoms with van der Waals surface area (Å²) in [5, 5.41) is 14.1. The molecule has 10 heteroatoms. The number of rotatable bonds is 9. The second-order valence-electron chi connectivity index (χ2n) is 7.45. The van der Waals surface area contributed by atoms with Gasteiger partial charge in [0.05, 0.1) is 6.20 Å². The number of carbonyl (C=O) groups excluding carboxylic acids is 2. The first-order valence-electron chi connectivity index (χ1n) is 9.84. The van der Waals surface area contributed by atoms with Crippen LogP contribution in [0.1, 0.15) is 25.3 Å². The van der Waals surface area contributed by atoms with E-state index < -0.39 is 5.91 Å². The molecular weight excluding hydrogens is 418 g/mol. The van der Waals surface area contributed by atoms with Crippen molar-refractivity contribution >= 4 is 53.0 Å². The molecule has 2 aromatic heterocycles. The Balaban J connectivity index is 1.78. The van der Waals surface area contributed by atoms with E-state index in [9.17, 15) is 9.59 Å². The largest absolute Gasteiger partial charge is 0.367 e. The summed E-state index contributed by atoms with van der Waals surface area (Å²) < 4.78 is 1.66. The number of primary amides is 1. The van der Waals surface area contributed by atoms with Crippen LogP contribution in [0.15, 0.2) is 42.2 Å². The molecule has 0 bridgehead atoms. The molecule has 0 unspecified atom stereocenters. The van der Waals surface area contributed by atoms with E-state index >= 15 is 0 Å². The van der Waals surface area contributed by atoms with Gasteiger partial charge in [0, 0.05) is 28.4 Å². The predicted octanol–water partition coefficient (Wildman–Crippen LogP) is 2.91. The quantitative estimate of drug-likeness (QED) is 0.300. The average molecular weight is 440 g/mol. The topological polar surface area (TPSA) is 126 Å². The molecule has 0 spiro atoms. The molecule has 0 saturated heterocycles. The van der Waals surface area contributed by atoms with Crippen molar-refractivity contribution in [2.45, 2.75) is 25.8 Å². The van der Waals surface area contributed by atoms with E-state index in [0.29, 0.717) is 34.4 Å². The minimum Gasteiger partial charge on any atom is -0.367 e. The zero-order valence-electron chi connectivity index (χ0n) is 16.8. The highest BCUT2D eigenvalue weighted by Crippen LogP contribution is 2.34. The van der Waals surface area contributed by atoms with Crippen molar-refractivity contribution in [1.29, 1.82) is 0 Å². The average Bonchev–Trinajstić information content (AvgIpc) is 3.50. The second-order valence-corrected chi connectivity index (χ2v) is 7.89. The molecular formula is C21H22ClN7O2. The van der Waals surface area contributed by atoms with Gasteiger partial charge in [-0.05, 0) is 50.0 Å². The highest BCUT2D eigenvalue weighted by atomic mass is 35.5. The Hall–Kier alpha value is -3.59. The third-order valence-electron chi connectivity index (χ3n) is 5.08. The van der Waals surface area contributed by atoms with Gasteiger partial charge < -0.3 is 21.7 Å². The highest BCUT2D eigenvalue weighted by Gasteiger charge is 2.28. The molecule has 9 nitrogen and oxygen atoms in total. The number of benzene rings is 1. The van der Waals surface area contributed by atoms with Crippen molar-refractivity contribution in [2.75, 3.05) is 10.6 Å². The van der Waals surface area contributed by atoms with Crippen LogP contribution in [-0.4, -0.2) is 33.0 Å². The van der Waals surface area contributed by atoms with Gasteiger partial charge in [-0.25, -0.2) is 4.98 Å². The van der Waals surface area contributed by atoms with E-state index in [1.807, 2.05) is 18.2 Å². The summed E-state index contributed by atoms with van der Waals surface area (Å²) in [6.07, 6.45) is 5.80. The van der Waals surface area contributed by atoms with Crippen LogP contribution in [0.25, 0.3) is 11.7 Å². The van der Waals surface area contributed by atoms with Gasteiger partial charge in [0.2, 0.25) is 6.41 Å². The number of carbonyl (C=O) groups is 2. The molecule has 0 aliphatic heterocycles. The van der Waals surface area contributed by atoms with Crippen LogP contribution >= 0.6 is 11.6 Å². The standard InChI is InChI=1S/C21H22ClN7O2/c1-12(13-5-6-13)26-19-9-18(27-16-4-2-3-15(22)8-16)28-21-14(10-25-29(19)21)7-17(20(23)31)24-11-30/h2-4,7-13,26H,5-6H2,1H3,(H2,23,31)(H,24,30)(H,27,28)/b17-7-/t12-/m0/s1. The van der Waals surface area contributed by atoms with Crippen molar-refractivity contribution in [3.63, 3.8) is 0 Å². The van der Waals surface area contributed by atoms with E-state index in [0.717, 1.165) is 11.5 Å². The molecule has 5 N–H and O–H groups in total. The van der Waals surface area contributed by atoms with Crippen molar-refractivity contribution in [3.8, 4) is 0 Å². The van der Waals surface area contributed by atoms with E-state index in [1.54, 1.807) is 22.8 Å². The Morgan fingerprint density at radius 1 is 1.35 bits per heavy atom. The fourth-order valence-corrected chi connectivity index (χ4v) is 3.50. The number of anilines is 3. The summed E-state index contributed by atoms with van der Waals surface area (Å²) in [6.45, 7) is 2.14. The maximum atomic E-state index is 11.6. The Bertz CT molecular complexity index is 1170. The number of nitrogens with zero attached hydrogens (tertiary/aromatic N) is 3. The molecule has 0 radical (unpaired) electrons. The van der Waals surface area contributed by atoms with Gasteiger partial charge in [-0.15, -0.1) is 0 Å². The number of aromatic nitrogens is 3. The third kappa shape index (κ3) is 4.77. The van der Waals surface area contributed by atoms with E-state index in [1.165, 1.54) is 18.9 Å². The molecule has 3 aromatic rings. The number of halogens is 1. The lowest BCUT2D eigenvalue weighted by molar-refractivity contribution is -0.116. The third-order valence-corrected chi connectivity index (χ3v) is 5.32. The van der Waals surface area contributed by atoms with Crippen LogP contribution in [-0.2, 0) is 9.59 Å². The van der Waals surface area contributed by atoms with E-state index in [2.05, 4.69) is 33.0 Å². The first-order valence-corrected chi connectivity index (χ1v) is 10.2. The number of fused-ring (bicyclic) bond motifs is 1. The maximum Gasteiger partial charge on any atom is 0.265 e. The molecule has 31 heavy (non-hydrogen) atoms. The van der Waals surface area contributed by atoms with Gasteiger partial charge in [-0.2, -0.15) is 9.61 Å². The molecule has 2 heterocycles. The summed E-state index contributed by atoms with van der Waals surface area (Å²) in [7, 11) is 0. The summed E-state index contributed by atoms with van der Waals surface area (Å²) in [5.41, 5.74) is 7.10. The Morgan fingerprint density at radius 2 is 2.16 bits per heavy atom. The molecule has 4 rings (SSSR count). The molecule has 1 aliphatic rings. The van der Waals surface area contributed by atoms with Crippen LogP contribution in [0, 0.1) is 5.92 Å². The van der Waals surface area contributed by atoms with Crippen molar-refractivity contribution in [3.05, 3.63) is 52.8 Å². The first-order chi connectivity index (χ1) is 14.9. The van der Waals surface area contributed by atoms with Crippen molar-refractivity contribution in [1.82, 2.24) is 19.9 Å². The number of hydrogen-bond acceptors (Lipinski definition) is 6. The van der Waals surface area contributed by atoms with Gasteiger partial charge in [-0.3, -0.25) is 9.59 Å². The molecule has 1 atom stereocenters. The van der Waals surface area contributed by atoms with Gasteiger partial charge in [0.25, 0.3) is 5.91 Å². The highest BCUT2D eigenvalue weighted by molar-refractivity contribution is 6.30. The lowest BCUT2D eigenvalue weighted by atomic mass is 10.2. The maximum absolute atomic E-state index is 11.6. The van der Waals surface area contributed by atoms with E-state index in [-0.39, 0.29) is 11.7 Å². The van der Waals surface area contributed by atoms with Gasteiger partial charge in [-0.1, -0.05) is 17.7 Å². The zero-order chi connectivity index (χ0) is 22.0. The number of hydrogen-bond donors (Lipinski definition) is 4. The van der Waals surface area contributed by atoms with Gasteiger partial charge in [0.1, 0.15) is 17.3 Å². The molecule has 1 fully saturated rings. The van der Waals surface area contributed by atoms with Crippen molar-refractivity contribution < 1.29 is 9.59 Å². The fraction of sp³-hybridized carbons (Fsp3) is 0.238. The predicted molar refractivity (Wildman–Crippen MR) is 120 cm³/mol. The summed E-state index contributed by atoms with van der Waals surface area (Å²) in [4.78, 5) is 27.1. The minimum absolute atomic E-state index is 0.0549. The van der Waals surface area contributed by atoms with Crippen molar-refractivity contribution in [2.24, 2.45) is 11.7 Å². The molecule has 2 amide bonds. The molecule has 1 aromatic carbocycles. The lowest BCUT2D eigenvalue weighted by Crippen LogP contribution is -2.24. The lowest BCUT2D eigenvalue weighted by Gasteiger charge is -2.17. The monoisotopic (exact) mass is 439 g/mol. The summed E-state index contributed by atoms with van der Waals surface area (Å²) in [6, 6.07) is 9.45. The zero-order valence-corrected chi connectivity index (χ0v) is 17.6. The number of amides is 2. The van der Waals surface area contributed by atoms with Crippen LogP contribution in [0.3, 0.4) is 0 Å². The molecule has 1 aliphatic carbocycles. The van der Waals surface area contributed by atoms with Gasteiger partial charge >= 0.3 is 0 Å². The molecule has 160 valence electrons. The smallest absolute Gasteiger partial charge is 0.265 e. The summed E-state index contributed by atoms with van der Waals surface area (Å²) in [5.74, 6) is 1.18. The molecule has 1 saturated carbocycles. The SMILES string of the molecule is C[C@H](Nc1cc(Nc2cccc(Cl)c2)nc2c(/C=C(\NC=O)C(N)=O)cnn12)C1CC1. The normalized spacial score (nSPS) is 14.8. The Labute approximate surface area is 183 Å². The van der Waals surface area contributed by atoms with Crippen LogP contribution in [0.4, 0.5) is 17.3 Å². The van der Waals surface area contributed by atoms with Crippen LogP contribution in [0.2, 0.25) is 5.02 Å². The minimum atomic E-state index is -0.764.